The maximum absolute atomic E-state index is 5.11. The second-order valence-corrected chi connectivity index (χ2v) is 3.70. The van der Waals surface area contributed by atoms with E-state index in [9.17, 15) is 0 Å². The van der Waals surface area contributed by atoms with E-state index >= 15 is 0 Å². The minimum absolute atomic E-state index is 0.844. The van der Waals surface area contributed by atoms with Crippen molar-refractivity contribution < 1.29 is 4.74 Å². The molecule has 0 fully saturated rings. The Morgan fingerprint density at radius 1 is 1.23 bits per heavy atom. The van der Waals surface area contributed by atoms with E-state index in [2.05, 4.69) is 32.8 Å². The van der Waals surface area contributed by atoms with Crippen LogP contribution in [-0.4, -0.2) is 17.3 Å². The van der Waals surface area contributed by atoms with Crippen LogP contribution in [0, 0.1) is 3.70 Å². The summed E-state index contributed by atoms with van der Waals surface area (Å²) in [6.45, 7) is 0. The van der Waals surface area contributed by atoms with Crippen LogP contribution < -0.4 is 4.74 Å². The molecule has 0 radical (unpaired) electrons. The van der Waals surface area contributed by atoms with Crippen molar-refractivity contribution in [2.45, 2.75) is 0 Å². The van der Waals surface area contributed by atoms with E-state index in [-0.39, 0.29) is 0 Å². The van der Waals surface area contributed by atoms with Gasteiger partial charge in [0.2, 0.25) is 0 Å². The van der Waals surface area contributed by atoms with Gasteiger partial charge < -0.3 is 4.74 Å². The summed E-state index contributed by atoms with van der Waals surface area (Å²) in [5.41, 5.74) is 0.890. The molecule has 0 atom stereocenters. The Kier molecular flexibility index (Phi) is 2.30. The Bertz CT molecular complexity index is 445. The number of benzene rings is 1. The van der Waals surface area contributed by atoms with E-state index in [1.165, 1.54) is 0 Å². The van der Waals surface area contributed by atoms with Gasteiger partial charge in [0.15, 0.2) is 0 Å². The largest absolute Gasteiger partial charge is 0.497 e. The fourth-order valence-corrected chi connectivity index (χ4v) is 1.57. The topological polar surface area (TPSA) is 35.0 Å². The molecule has 0 aliphatic rings. The van der Waals surface area contributed by atoms with Gasteiger partial charge in [0, 0.05) is 5.39 Å². The molecule has 1 aromatic heterocycles. The molecule has 66 valence electrons. The molecule has 2 rings (SSSR count). The predicted molar refractivity (Wildman–Crippen MR) is 58.8 cm³/mol. The van der Waals surface area contributed by atoms with Crippen LogP contribution in [-0.2, 0) is 0 Å². The minimum Gasteiger partial charge on any atom is -0.497 e. The van der Waals surface area contributed by atoms with Crippen molar-refractivity contribution in [3.63, 3.8) is 0 Å². The molecule has 0 unspecified atom stereocenters. The third-order valence-corrected chi connectivity index (χ3v) is 2.29. The van der Waals surface area contributed by atoms with Crippen LogP contribution in [0.25, 0.3) is 10.9 Å². The van der Waals surface area contributed by atoms with Gasteiger partial charge in [-0.1, -0.05) is 0 Å². The lowest BCUT2D eigenvalue weighted by Gasteiger charge is -2.00. The monoisotopic (exact) mass is 286 g/mol. The number of ether oxygens (including phenoxy) is 1. The summed E-state index contributed by atoms with van der Waals surface area (Å²) in [7, 11) is 1.65. The van der Waals surface area contributed by atoms with Gasteiger partial charge >= 0.3 is 0 Å². The van der Waals surface area contributed by atoms with Crippen molar-refractivity contribution in [3.8, 4) is 5.75 Å². The van der Waals surface area contributed by atoms with Gasteiger partial charge in [-0.3, -0.25) is 0 Å². The van der Waals surface area contributed by atoms with E-state index in [0.717, 1.165) is 20.4 Å². The summed E-state index contributed by atoms with van der Waals surface area (Å²) < 4.78 is 6.00. The molecule has 0 spiro atoms. The average Bonchev–Trinajstić information content (AvgIpc) is 2.16. The lowest BCUT2D eigenvalue weighted by atomic mass is 10.2. The second kappa shape index (κ2) is 3.45. The summed E-state index contributed by atoms with van der Waals surface area (Å²) in [4.78, 5) is 0. The minimum atomic E-state index is 0.844. The molecule has 1 aromatic carbocycles. The summed E-state index contributed by atoms with van der Waals surface area (Å²) in [5, 5.41) is 9.06. The Labute approximate surface area is 89.3 Å². The van der Waals surface area contributed by atoms with Crippen LogP contribution in [0.1, 0.15) is 0 Å². The Hall–Kier alpha value is -0.910. The van der Waals surface area contributed by atoms with Gasteiger partial charge in [0.1, 0.15) is 9.45 Å². The van der Waals surface area contributed by atoms with Gasteiger partial charge in [0.05, 0.1) is 12.6 Å². The SMILES string of the molecule is COc1ccc2nnc(I)cc2c1. The van der Waals surface area contributed by atoms with Gasteiger partial charge in [-0.15, -0.1) is 10.2 Å². The lowest BCUT2D eigenvalue weighted by Crippen LogP contribution is -1.88. The van der Waals surface area contributed by atoms with Gasteiger partial charge in [-0.05, 0) is 46.9 Å². The Morgan fingerprint density at radius 2 is 2.08 bits per heavy atom. The molecule has 4 heteroatoms. The maximum atomic E-state index is 5.11. The van der Waals surface area contributed by atoms with Crippen molar-refractivity contribution in [2.24, 2.45) is 0 Å². The number of aromatic nitrogens is 2. The van der Waals surface area contributed by atoms with Crippen LogP contribution in [0.5, 0.6) is 5.75 Å². The summed E-state index contributed by atoms with van der Waals surface area (Å²) in [6.07, 6.45) is 0. The Morgan fingerprint density at radius 3 is 2.85 bits per heavy atom. The smallest absolute Gasteiger partial charge is 0.124 e. The molecule has 0 aliphatic carbocycles. The molecule has 3 nitrogen and oxygen atoms in total. The fourth-order valence-electron chi connectivity index (χ4n) is 1.13. The highest BCUT2D eigenvalue weighted by molar-refractivity contribution is 14.1. The standard InChI is InChI=1S/C9H7IN2O/c1-13-7-2-3-8-6(4-7)5-9(10)12-11-8/h2-5H,1H3. The molecule has 0 bridgehead atoms. The first-order chi connectivity index (χ1) is 6.29. The number of nitrogens with zero attached hydrogens (tertiary/aromatic N) is 2. The van der Waals surface area contributed by atoms with Gasteiger partial charge in [-0.25, -0.2) is 0 Å². The third-order valence-electron chi connectivity index (χ3n) is 1.76. The number of hydrogen-bond acceptors (Lipinski definition) is 3. The highest BCUT2D eigenvalue weighted by atomic mass is 127. The zero-order chi connectivity index (χ0) is 9.26. The van der Waals surface area contributed by atoms with Crippen molar-refractivity contribution in [1.29, 1.82) is 0 Å². The molecule has 0 saturated heterocycles. The zero-order valence-electron chi connectivity index (χ0n) is 6.99. The summed E-state index contributed by atoms with van der Waals surface area (Å²) >= 11 is 2.14. The molecular formula is C9H7IN2O. The highest BCUT2D eigenvalue weighted by Crippen LogP contribution is 2.19. The normalized spacial score (nSPS) is 10.3. The van der Waals surface area contributed by atoms with Crippen LogP contribution in [0.4, 0.5) is 0 Å². The Balaban J connectivity index is 2.68. The van der Waals surface area contributed by atoms with Crippen LogP contribution in [0.3, 0.4) is 0 Å². The fraction of sp³-hybridized carbons (Fsp3) is 0.111. The second-order valence-electron chi connectivity index (χ2n) is 2.59. The van der Waals surface area contributed by atoms with E-state index < -0.39 is 0 Å². The molecule has 0 aliphatic heterocycles. The van der Waals surface area contributed by atoms with Crippen molar-refractivity contribution in [3.05, 3.63) is 28.0 Å². The van der Waals surface area contributed by atoms with Crippen LogP contribution in [0.2, 0.25) is 0 Å². The van der Waals surface area contributed by atoms with Crippen molar-refractivity contribution in [2.75, 3.05) is 7.11 Å². The molecule has 1 heterocycles. The molecule has 0 saturated carbocycles. The quantitative estimate of drug-likeness (QED) is 0.754. The lowest BCUT2D eigenvalue weighted by molar-refractivity contribution is 0.415. The van der Waals surface area contributed by atoms with Crippen molar-refractivity contribution >= 4 is 33.5 Å². The van der Waals surface area contributed by atoms with Gasteiger partial charge in [-0.2, -0.15) is 0 Å². The summed E-state index contributed by atoms with van der Waals surface area (Å²) in [5.74, 6) is 0.844. The molecule has 0 amide bonds. The van der Waals surface area contributed by atoms with E-state index in [0.29, 0.717) is 0 Å². The number of fused-ring (bicyclic) bond motifs is 1. The average molecular weight is 286 g/mol. The number of rotatable bonds is 1. The summed E-state index contributed by atoms with van der Waals surface area (Å²) in [6, 6.07) is 7.71. The van der Waals surface area contributed by atoms with E-state index in [4.69, 9.17) is 4.74 Å². The first-order valence-corrected chi connectivity index (χ1v) is 4.84. The van der Waals surface area contributed by atoms with Crippen LogP contribution >= 0.6 is 22.6 Å². The van der Waals surface area contributed by atoms with E-state index in [1.807, 2.05) is 24.3 Å². The zero-order valence-corrected chi connectivity index (χ0v) is 9.15. The number of methoxy groups -OCH3 is 1. The van der Waals surface area contributed by atoms with Crippen LogP contribution in [0.15, 0.2) is 24.3 Å². The first kappa shape index (κ1) is 8.68. The molecule has 2 aromatic rings. The molecule has 13 heavy (non-hydrogen) atoms. The predicted octanol–water partition coefficient (Wildman–Crippen LogP) is 2.24. The molecular weight excluding hydrogens is 279 g/mol. The number of hydrogen-bond donors (Lipinski definition) is 0. The first-order valence-electron chi connectivity index (χ1n) is 3.76. The third kappa shape index (κ3) is 1.72. The van der Waals surface area contributed by atoms with Crippen molar-refractivity contribution in [1.82, 2.24) is 10.2 Å². The molecule has 0 N–H and O–H groups in total. The maximum Gasteiger partial charge on any atom is 0.124 e. The van der Waals surface area contributed by atoms with E-state index in [1.54, 1.807) is 7.11 Å². The number of halogens is 1. The highest BCUT2D eigenvalue weighted by Gasteiger charge is 1.98. The van der Waals surface area contributed by atoms with Gasteiger partial charge in [0.25, 0.3) is 0 Å².